The lowest BCUT2D eigenvalue weighted by Crippen LogP contribution is -2.74. The van der Waals surface area contributed by atoms with Gasteiger partial charge in [0.15, 0.2) is 15.9 Å². The van der Waals surface area contributed by atoms with Crippen molar-refractivity contribution in [3.8, 4) is 5.75 Å². The van der Waals surface area contributed by atoms with Crippen LogP contribution >= 0.6 is 34.9 Å². The number of benzene rings is 1. The van der Waals surface area contributed by atoms with Crippen LogP contribution in [0.4, 0.5) is 5.82 Å². The topological polar surface area (TPSA) is 186 Å². The van der Waals surface area contributed by atoms with E-state index in [9.17, 15) is 19.5 Å². The molecule has 4 N–H and O–H groups in total. The number of amides is 2. The smallest absolute Gasteiger partial charge is 0.313 e. The number of hydrogen-bond donors (Lipinski definition) is 3. The summed E-state index contributed by atoms with van der Waals surface area (Å²) in [5, 5.41) is 23.9. The third kappa shape index (κ3) is 5.27. The van der Waals surface area contributed by atoms with Gasteiger partial charge in [-0.2, -0.15) is 0 Å². The van der Waals surface area contributed by atoms with E-state index in [1.54, 1.807) is 35.8 Å². The van der Waals surface area contributed by atoms with Crippen molar-refractivity contribution in [1.29, 1.82) is 0 Å². The predicted molar refractivity (Wildman–Crippen MR) is 141 cm³/mol. The van der Waals surface area contributed by atoms with Gasteiger partial charge in [0.2, 0.25) is 11.6 Å². The monoisotopic (exact) mass is 572 g/mol. The van der Waals surface area contributed by atoms with Crippen molar-refractivity contribution in [2.45, 2.75) is 15.8 Å². The first-order chi connectivity index (χ1) is 18.4. The standard InChI is InChI=1S/C22H20N8O5S3/c23-13-6-7-24-16(26-13)14(29-35-12-4-2-1-3-5-12)17(31)27-15-18(32)30-8-22(20(33)34,9-36-19(15)30)10-37-21-28-25-11-38-21/h1-7,11,15,19H,8-10H2,(H,27,31)(H,33,34)(H2,23,24,26)/t15?,19-,22?/m1/s1. The highest BCUT2D eigenvalue weighted by molar-refractivity contribution is 8.01. The molecular formula is C22H20N8O5S3. The number of nitrogens with two attached hydrogens (primary N) is 1. The molecule has 2 aromatic heterocycles. The van der Waals surface area contributed by atoms with Crippen molar-refractivity contribution in [2.75, 3.05) is 23.8 Å². The second kappa shape index (κ2) is 10.9. The van der Waals surface area contributed by atoms with Gasteiger partial charge in [0.05, 0.1) is 0 Å². The van der Waals surface area contributed by atoms with Gasteiger partial charge in [-0.3, -0.25) is 14.4 Å². The Labute approximate surface area is 228 Å². The highest BCUT2D eigenvalue weighted by atomic mass is 32.2. The number of carbonyl (C=O) groups is 3. The first-order valence-corrected chi connectivity index (χ1v) is 14.0. The molecule has 1 aromatic carbocycles. The second-order valence-electron chi connectivity index (χ2n) is 8.35. The molecule has 0 aliphatic carbocycles. The molecule has 2 aliphatic heterocycles. The maximum Gasteiger partial charge on any atom is 0.313 e. The van der Waals surface area contributed by atoms with Crippen LogP contribution < -0.4 is 15.9 Å². The fourth-order valence-electron chi connectivity index (χ4n) is 3.79. The van der Waals surface area contributed by atoms with E-state index in [4.69, 9.17) is 10.6 Å². The van der Waals surface area contributed by atoms with E-state index in [0.29, 0.717) is 10.1 Å². The number of carboxylic acids is 1. The van der Waals surface area contributed by atoms with Crippen molar-refractivity contribution in [3.63, 3.8) is 0 Å². The van der Waals surface area contributed by atoms with Gasteiger partial charge in [-0.1, -0.05) is 46.5 Å². The zero-order valence-electron chi connectivity index (χ0n) is 19.5. The predicted octanol–water partition coefficient (Wildman–Crippen LogP) is 0.957. The minimum atomic E-state index is -1.16. The normalized spacial score (nSPS) is 22.8. The van der Waals surface area contributed by atoms with Crippen LogP contribution in [0.3, 0.4) is 0 Å². The number of β-lactam (4-membered cyclic amide) rings is 1. The number of aromatic nitrogens is 4. The van der Waals surface area contributed by atoms with E-state index in [-0.39, 0.29) is 41.3 Å². The molecular weight excluding hydrogens is 552 g/mol. The molecule has 38 heavy (non-hydrogen) atoms. The zero-order chi connectivity index (χ0) is 26.7. The van der Waals surface area contributed by atoms with E-state index in [1.165, 1.54) is 52.0 Å². The van der Waals surface area contributed by atoms with Gasteiger partial charge in [0, 0.05) is 24.2 Å². The van der Waals surface area contributed by atoms with Gasteiger partial charge in [0.1, 0.15) is 28.2 Å². The van der Waals surface area contributed by atoms with Gasteiger partial charge in [-0.25, -0.2) is 9.97 Å². The lowest BCUT2D eigenvalue weighted by molar-refractivity contribution is -0.157. The number of rotatable bonds is 9. The van der Waals surface area contributed by atoms with Crippen LogP contribution in [-0.2, 0) is 14.4 Å². The lowest BCUT2D eigenvalue weighted by Gasteiger charge is -2.53. The fourth-order valence-corrected chi connectivity index (χ4v) is 7.14. The largest absolute Gasteiger partial charge is 0.481 e. The average molecular weight is 573 g/mol. The SMILES string of the molecule is Nc1ccnc(C(=NOc2ccccc2)C(=O)NC2C(=O)N3CC(CSc4nncs4)(C(=O)O)CS[C@H]23)n1. The number of carbonyl (C=O) groups excluding carboxylic acids is 2. The van der Waals surface area contributed by atoms with Crippen molar-refractivity contribution >= 4 is 64.2 Å². The highest BCUT2D eigenvalue weighted by Gasteiger charge is 2.57. The maximum atomic E-state index is 13.2. The van der Waals surface area contributed by atoms with Crippen LogP contribution in [0, 0.1) is 5.41 Å². The number of hydrogen-bond acceptors (Lipinski definition) is 13. The van der Waals surface area contributed by atoms with Crippen LogP contribution in [-0.4, -0.2) is 83.1 Å². The molecule has 2 fully saturated rings. The molecule has 2 aliphatic rings. The van der Waals surface area contributed by atoms with Gasteiger partial charge in [-0.05, 0) is 18.2 Å². The molecule has 0 radical (unpaired) electrons. The van der Waals surface area contributed by atoms with Gasteiger partial charge < -0.3 is 25.9 Å². The molecule has 0 bridgehead atoms. The first kappa shape index (κ1) is 25.9. The quantitative estimate of drug-likeness (QED) is 0.143. The van der Waals surface area contributed by atoms with Gasteiger partial charge >= 0.3 is 5.97 Å². The summed E-state index contributed by atoms with van der Waals surface area (Å²) in [6.45, 7) is 0.0212. The van der Waals surface area contributed by atoms with Crippen LogP contribution in [0.1, 0.15) is 5.82 Å². The summed E-state index contributed by atoms with van der Waals surface area (Å²) in [6, 6.07) is 9.18. The summed E-state index contributed by atoms with van der Waals surface area (Å²) in [7, 11) is 0. The van der Waals surface area contributed by atoms with Crippen molar-refractivity contribution < 1.29 is 24.3 Å². The summed E-state index contributed by atoms with van der Waals surface area (Å²) in [5.74, 6) is -1.19. The maximum absolute atomic E-state index is 13.2. The Bertz CT molecular complexity index is 1380. The number of aliphatic carboxylic acids is 1. The summed E-state index contributed by atoms with van der Waals surface area (Å²) >= 11 is 3.92. The Kier molecular flexibility index (Phi) is 7.44. The van der Waals surface area contributed by atoms with E-state index in [1.807, 2.05) is 0 Å². The van der Waals surface area contributed by atoms with Crippen molar-refractivity contribution in [2.24, 2.45) is 10.6 Å². The number of nitrogens with one attached hydrogen (secondary N) is 1. The molecule has 13 nitrogen and oxygen atoms in total. The van der Waals surface area contributed by atoms with E-state index < -0.39 is 28.7 Å². The molecule has 3 atom stereocenters. The number of nitrogens with zero attached hydrogens (tertiary/aromatic N) is 6. The minimum absolute atomic E-state index is 0.0212. The summed E-state index contributed by atoms with van der Waals surface area (Å²) < 4.78 is 0.658. The molecule has 2 amide bonds. The Balaban J connectivity index is 1.29. The summed E-state index contributed by atoms with van der Waals surface area (Å²) in [4.78, 5) is 53.5. The molecule has 196 valence electrons. The highest BCUT2D eigenvalue weighted by Crippen LogP contribution is 2.44. The number of nitrogen functional groups attached to an aromatic ring is 1. The number of carboxylic acid groups (broad SMARTS) is 1. The van der Waals surface area contributed by atoms with Crippen LogP contribution in [0.25, 0.3) is 0 Å². The van der Waals surface area contributed by atoms with Crippen LogP contribution in [0.15, 0.2) is 57.6 Å². The van der Waals surface area contributed by atoms with Gasteiger partial charge in [0.25, 0.3) is 5.91 Å². The number of thioether (sulfide) groups is 2. The number of oxime groups is 1. The molecule has 16 heteroatoms. The first-order valence-electron chi connectivity index (χ1n) is 11.1. The lowest BCUT2D eigenvalue weighted by atomic mass is 9.89. The average Bonchev–Trinajstić information content (AvgIpc) is 3.45. The molecule has 0 saturated carbocycles. The Hall–Kier alpha value is -3.76. The molecule has 5 rings (SSSR count). The van der Waals surface area contributed by atoms with Crippen LogP contribution in [0.2, 0.25) is 0 Å². The second-order valence-corrected chi connectivity index (χ2v) is 11.5. The molecule has 4 heterocycles. The Morgan fingerprint density at radius 2 is 2.13 bits per heavy atom. The molecule has 3 aromatic rings. The third-order valence-corrected chi connectivity index (χ3v) is 9.52. The Morgan fingerprint density at radius 3 is 2.84 bits per heavy atom. The number of para-hydroxylation sites is 1. The van der Waals surface area contributed by atoms with Crippen molar-refractivity contribution in [1.82, 2.24) is 30.4 Å². The van der Waals surface area contributed by atoms with E-state index in [0.717, 1.165) is 0 Å². The zero-order valence-corrected chi connectivity index (χ0v) is 21.9. The molecule has 0 spiro atoms. The summed E-state index contributed by atoms with van der Waals surface area (Å²) in [6.07, 6.45) is 1.38. The van der Waals surface area contributed by atoms with Crippen molar-refractivity contribution in [3.05, 3.63) is 53.9 Å². The third-order valence-electron chi connectivity index (χ3n) is 5.79. The number of anilines is 1. The molecule has 2 unspecified atom stereocenters. The minimum Gasteiger partial charge on any atom is -0.481 e. The van der Waals surface area contributed by atoms with E-state index in [2.05, 4.69) is 30.6 Å². The Morgan fingerprint density at radius 1 is 1.32 bits per heavy atom. The van der Waals surface area contributed by atoms with Gasteiger partial charge in [-0.15, -0.1) is 22.0 Å². The molecule has 2 saturated heterocycles. The fraction of sp³-hybridized carbons (Fsp3) is 0.273. The van der Waals surface area contributed by atoms with E-state index >= 15 is 0 Å². The summed E-state index contributed by atoms with van der Waals surface area (Å²) in [5.41, 5.74) is 5.91. The number of fused-ring (bicyclic) bond motifs is 1. The van der Waals surface area contributed by atoms with Crippen LogP contribution in [0.5, 0.6) is 5.75 Å².